The Bertz CT molecular complexity index is 80.3. The zero-order valence-electron chi connectivity index (χ0n) is 5.53. The molecule has 0 atom stereocenters. The maximum absolute atomic E-state index is 9.70. The van der Waals surface area contributed by atoms with Crippen LogP contribution in [0.5, 0.6) is 0 Å². The second kappa shape index (κ2) is 10.2. The molecule has 0 rings (SSSR count). The third-order valence-corrected chi connectivity index (χ3v) is 0.529. The smallest absolute Gasteiger partial charge is 0.854 e. The Balaban J connectivity index is 0. The second-order valence-electron chi connectivity index (χ2n) is 1.16. The van der Waals surface area contributed by atoms with Crippen LogP contribution in [0, 0.1) is 11.8 Å². The van der Waals surface area contributed by atoms with E-state index in [1.54, 1.807) is 0 Å². The fourth-order valence-corrected chi connectivity index (χ4v) is 0.264. The summed E-state index contributed by atoms with van der Waals surface area (Å²) in [6.45, 7) is 1.91. The van der Waals surface area contributed by atoms with E-state index in [1.165, 1.54) is 0 Å². The molecule has 0 aromatic rings. The van der Waals surface area contributed by atoms with Crippen LogP contribution in [-0.2, 0) is 0 Å². The average Bonchev–Trinajstić information content (AvgIpc) is 1.69. The van der Waals surface area contributed by atoms with Gasteiger partial charge >= 0.3 is 18.9 Å². The predicted octanol–water partition coefficient (Wildman–Crippen LogP) is -2.85. The predicted molar refractivity (Wildman–Crippen MR) is 27.6 cm³/mol. The number of hydrogen-bond donors (Lipinski definition) is 0. The van der Waals surface area contributed by atoms with Crippen LogP contribution < -0.4 is 24.0 Å². The first-order valence-corrected chi connectivity index (χ1v) is 2.45. The molecule has 0 aliphatic heterocycles. The minimum atomic E-state index is -0.0625. The number of hydrogen-bond acceptors (Lipinski definition) is 1. The van der Waals surface area contributed by atoms with Gasteiger partial charge in [-0.05, 0) is 6.42 Å². The van der Waals surface area contributed by atoms with Gasteiger partial charge in [-0.15, -0.1) is 18.4 Å². The summed E-state index contributed by atoms with van der Waals surface area (Å²) < 4.78 is 0. The monoisotopic (exact) mass is 104 g/mol. The summed E-state index contributed by atoms with van der Waals surface area (Å²) in [6.07, 6.45) is 1.37. The summed E-state index contributed by atoms with van der Waals surface area (Å²) in [4.78, 5) is 0. The topological polar surface area (TPSA) is 23.1 Å². The molecule has 1 nitrogen and oxygen atoms in total. The molecular formula is C6H9LiO. The normalized spacial score (nSPS) is 6.25. The van der Waals surface area contributed by atoms with Crippen molar-refractivity contribution in [2.45, 2.75) is 19.8 Å². The van der Waals surface area contributed by atoms with Crippen molar-refractivity contribution >= 4 is 0 Å². The molecule has 0 aliphatic carbocycles. The molecule has 0 fully saturated rings. The van der Waals surface area contributed by atoms with Crippen LogP contribution in [-0.4, -0.2) is 6.61 Å². The van der Waals surface area contributed by atoms with Crippen molar-refractivity contribution in [1.82, 2.24) is 0 Å². The Hall–Kier alpha value is 0.117. The minimum Gasteiger partial charge on any atom is -0.854 e. The largest absolute Gasteiger partial charge is 1.00 e. The van der Waals surface area contributed by atoms with Crippen molar-refractivity contribution in [3.8, 4) is 11.8 Å². The molecule has 0 amide bonds. The van der Waals surface area contributed by atoms with E-state index in [0.29, 0.717) is 6.42 Å². The minimum absolute atomic E-state index is 0. The maximum atomic E-state index is 9.70. The van der Waals surface area contributed by atoms with Crippen LogP contribution in [0.2, 0.25) is 0 Å². The van der Waals surface area contributed by atoms with E-state index in [1.807, 2.05) is 6.92 Å². The van der Waals surface area contributed by atoms with Gasteiger partial charge < -0.3 is 5.11 Å². The first-order valence-electron chi connectivity index (χ1n) is 2.45. The molecule has 0 bridgehead atoms. The van der Waals surface area contributed by atoms with Gasteiger partial charge in [-0.25, -0.2) is 0 Å². The van der Waals surface area contributed by atoms with Gasteiger partial charge in [0.1, 0.15) is 0 Å². The fraction of sp³-hybridized carbons (Fsp3) is 0.667. The van der Waals surface area contributed by atoms with Crippen molar-refractivity contribution < 1.29 is 24.0 Å². The SMILES string of the molecule is CCC#CCC[O-].[Li+]. The Morgan fingerprint density at radius 1 is 1.38 bits per heavy atom. The molecule has 0 saturated carbocycles. The first kappa shape index (κ1) is 11.0. The van der Waals surface area contributed by atoms with Gasteiger partial charge in [0.15, 0.2) is 0 Å². The molecule has 8 heavy (non-hydrogen) atoms. The molecule has 0 aliphatic rings. The Kier molecular flexibility index (Phi) is 14.0. The van der Waals surface area contributed by atoms with Crippen LogP contribution in [0.4, 0.5) is 0 Å². The van der Waals surface area contributed by atoms with Gasteiger partial charge in [0, 0.05) is 6.42 Å². The van der Waals surface area contributed by atoms with E-state index in [9.17, 15) is 5.11 Å². The quantitative estimate of drug-likeness (QED) is 0.259. The van der Waals surface area contributed by atoms with Crippen LogP contribution in [0.15, 0.2) is 0 Å². The molecular weight excluding hydrogens is 95.0 g/mol. The van der Waals surface area contributed by atoms with Crippen molar-refractivity contribution in [2.24, 2.45) is 0 Å². The molecule has 0 unspecified atom stereocenters. The molecule has 2 heteroatoms. The van der Waals surface area contributed by atoms with E-state index in [2.05, 4.69) is 11.8 Å². The fourth-order valence-electron chi connectivity index (χ4n) is 0.264. The third kappa shape index (κ3) is 9.45. The summed E-state index contributed by atoms with van der Waals surface area (Å²) in [5.41, 5.74) is 0. The van der Waals surface area contributed by atoms with Gasteiger partial charge in [0.25, 0.3) is 0 Å². The zero-order valence-corrected chi connectivity index (χ0v) is 5.53. The van der Waals surface area contributed by atoms with Crippen LogP contribution in [0.1, 0.15) is 19.8 Å². The van der Waals surface area contributed by atoms with Gasteiger partial charge in [0.2, 0.25) is 0 Å². The summed E-state index contributed by atoms with van der Waals surface area (Å²) in [7, 11) is 0. The van der Waals surface area contributed by atoms with Crippen molar-refractivity contribution in [2.75, 3.05) is 6.61 Å². The summed E-state index contributed by atoms with van der Waals surface area (Å²) in [5, 5.41) is 9.70. The van der Waals surface area contributed by atoms with Gasteiger partial charge in [-0.1, -0.05) is 6.92 Å². The molecule has 0 radical (unpaired) electrons. The van der Waals surface area contributed by atoms with Crippen molar-refractivity contribution in [3.63, 3.8) is 0 Å². The molecule has 0 saturated heterocycles. The maximum Gasteiger partial charge on any atom is 1.00 e. The van der Waals surface area contributed by atoms with E-state index in [0.717, 1.165) is 6.42 Å². The second-order valence-corrected chi connectivity index (χ2v) is 1.16. The number of rotatable bonds is 1. The molecule has 40 valence electrons. The van der Waals surface area contributed by atoms with Crippen LogP contribution in [0.3, 0.4) is 0 Å². The van der Waals surface area contributed by atoms with Gasteiger partial charge in [-0.3, -0.25) is 0 Å². The summed E-state index contributed by atoms with van der Waals surface area (Å²) >= 11 is 0. The van der Waals surface area contributed by atoms with E-state index < -0.39 is 0 Å². The Morgan fingerprint density at radius 3 is 2.38 bits per heavy atom. The van der Waals surface area contributed by atoms with Crippen LogP contribution >= 0.6 is 0 Å². The van der Waals surface area contributed by atoms with E-state index in [4.69, 9.17) is 0 Å². The third-order valence-electron chi connectivity index (χ3n) is 0.529. The van der Waals surface area contributed by atoms with Crippen LogP contribution in [0.25, 0.3) is 0 Å². The molecule has 0 aromatic carbocycles. The molecule has 0 N–H and O–H groups in total. The van der Waals surface area contributed by atoms with E-state index in [-0.39, 0.29) is 25.5 Å². The zero-order chi connectivity index (χ0) is 5.54. The molecule has 0 aromatic heterocycles. The summed E-state index contributed by atoms with van der Waals surface area (Å²) in [6, 6.07) is 0. The first-order chi connectivity index (χ1) is 3.41. The molecule has 0 spiro atoms. The standard InChI is InChI=1S/C6H9O.Li/c1-2-3-4-5-6-7;/h2,5-6H2,1H3;/q-1;+1. The Morgan fingerprint density at radius 2 is 2.00 bits per heavy atom. The van der Waals surface area contributed by atoms with Crippen molar-refractivity contribution in [1.29, 1.82) is 0 Å². The van der Waals surface area contributed by atoms with Crippen molar-refractivity contribution in [3.05, 3.63) is 0 Å². The summed E-state index contributed by atoms with van der Waals surface area (Å²) in [5.74, 6) is 5.52. The average molecular weight is 104 g/mol. The Labute approximate surface area is 62.7 Å². The molecule has 0 heterocycles. The van der Waals surface area contributed by atoms with E-state index >= 15 is 0 Å². The van der Waals surface area contributed by atoms with Gasteiger partial charge in [0.05, 0.1) is 0 Å². The van der Waals surface area contributed by atoms with Gasteiger partial charge in [-0.2, -0.15) is 0 Å².